The van der Waals surface area contributed by atoms with E-state index in [4.69, 9.17) is 0 Å². The zero-order valence-electron chi connectivity index (χ0n) is 9.42. The van der Waals surface area contributed by atoms with E-state index in [1.54, 1.807) is 12.5 Å². The van der Waals surface area contributed by atoms with E-state index in [1.807, 2.05) is 20.8 Å². The molecule has 1 amide bonds. The van der Waals surface area contributed by atoms with E-state index in [9.17, 15) is 4.79 Å². The van der Waals surface area contributed by atoms with Gasteiger partial charge < -0.3 is 15.6 Å². The molecule has 0 aliphatic carbocycles. The standard InChI is InChI=1S/C10H18N4O/c1-10(2,3)14-9(15)6-11-4-8-5-12-7-13-8/h5,7,11H,4,6H2,1-3H3,(H,12,13)(H,14,15). The molecule has 0 fully saturated rings. The van der Waals surface area contributed by atoms with Crippen LogP contribution in [0.4, 0.5) is 0 Å². The van der Waals surface area contributed by atoms with Gasteiger partial charge in [-0.05, 0) is 20.8 Å². The van der Waals surface area contributed by atoms with Crippen LogP contribution in [0.2, 0.25) is 0 Å². The van der Waals surface area contributed by atoms with Crippen molar-refractivity contribution < 1.29 is 4.79 Å². The Hall–Kier alpha value is -1.36. The number of carbonyl (C=O) groups is 1. The van der Waals surface area contributed by atoms with Crippen molar-refractivity contribution in [2.45, 2.75) is 32.9 Å². The van der Waals surface area contributed by atoms with Gasteiger partial charge in [0.1, 0.15) is 0 Å². The van der Waals surface area contributed by atoms with Crippen LogP contribution in [-0.4, -0.2) is 28.0 Å². The first-order valence-corrected chi connectivity index (χ1v) is 4.96. The number of H-pyrrole nitrogens is 1. The highest BCUT2D eigenvalue weighted by molar-refractivity contribution is 5.78. The SMILES string of the molecule is CC(C)(C)NC(=O)CNCc1cnc[nH]1. The van der Waals surface area contributed by atoms with E-state index >= 15 is 0 Å². The van der Waals surface area contributed by atoms with E-state index in [2.05, 4.69) is 20.6 Å². The molecule has 0 saturated carbocycles. The van der Waals surface area contributed by atoms with Crippen LogP contribution in [0.15, 0.2) is 12.5 Å². The normalized spacial score (nSPS) is 11.4. The molecule has 1 heterocycles. The highest BCUT2D eigenvalue weighted by atomic mass is 16.2. The van der Waals surface area contributed by atoms with Crippen molar-refractivity contribution in [3.05, 3.63) is 18.2 Å². The zero-order valence-corrected chi connectivity index (χ0v) is 9.42. The molecule has 1 rings (SSSR count). The van der Waals surface area contributed by atoms with Crippen LogP contribution in [0.1, 0.15) is 26.5 Å². The third-order valence-electron chi connectivity index (χ3n) is 1.67. The minimum absolute atomic E-state index is 0.00187. The fraction of sp³-hybridized carbons (Fsp3) is 0.600. The van der Waals surface area contributed by atoms with Crippen LogP contribution in [0.3, 0.4) is 0 Å². The molecule has 0 aliphatic heterocycles. The van der Waals surface area contributed by atoms with Crippen molar-refractivity contribution in [2.24, 2.45) is 0 Å². The summed E-state index contributed by atoms with van der Waals surface area (Å²) >= 11 is 0. The van der Waals surface area contributed by atoms with Gasteiger partial charge >= 0.3 is 0 Å². The first-order chi connectivity index (χ1) is 6.97. The molecule has 3 N–H and O–H groups in total. The molecule has 0 aromatic carbocycles. The average molecular weight is 210 g/mol. The molecule has 0 atom stereocenters. The Morgan fingerprint density at radius 2 is 2.27 bits per heavy atom. The third kappa shape index (κ3) is 5.17. The second kappa shape index (κ2) is 4.93. The molecule has 1 aromatic rings. The summed E-state index contributed by atoms with van der Waals surface area (Å²) in [5, 5.41) is 5.90. The molecule has 15 heavy (non-hydrogen) atoms. The van der Waals surface area contributed by atoms with Crippen molar-refractivity contribution in [2.75, 3.05) is 6.54 Å². The summed E-state index contributed by atoms with van der Waals surface area (Å²) in [7, 11) is 0. The lowest BCUT2D eigenvalue weighted by molar-refractivity contribution is -0.121. The Morgan fingerprint density at radius 3 is 2.80 bits per heavy atom. The van der Waals surface area contributed by atoms with Gasteiger partial charge in [0.25, 0.3) is 0 Å². The molecule has 84 valence electrons. The summed E-state index contributed by atoms with van der Waals surface area (Å²) in [6.07, 6.45) is 3.35. The van der Waals surface area contributed by atoms with Crippen LogP contribution in [0, 0.1) is 0 Å². The second-order valence-electron chi connectivity index (χ2n) is 4.48. The largest absolute Gasteiger partial charge is 0.350 e. The maximum atomic E-state index is 11.4. The summed E-state index contributed by atoms with van der Waals surface area (Å²) in [6.45, 7) is 6.81. The van der Waals surface area contributed by atoms with Gasteiger partial charge in [0.05, 0.1) is 12.9 Å². The number of rotatable bonds is 4. The van der Waals surface area contributed by atoms with Gasteiger partial charge in [-0.2, -0.15) is 0 Å². The van der Waals surface area contributed by atoms with E-state index < -0.39 is 0 Å². The Labute approximate surface area is 89.7 Å². The van der Waals surface area contributed by atoms with Gasteiger partial charge in [0.2, 0.25) is 5.91 Å². The minimum atomic E-state index is -0.174. The number of hydrogen-bond donors (Lipinski definition) is 3. The first-order valence-electron chi connectivity index (χ1n) is 4.96. The zero-order chi connectivity index (χ0) is 11.3. The van der Waals surface area contributed by atoms with Crippen LogP contribution in [0.5, 0.6) is 0 Å². The lowest BCUT2D eigenvalue weighted by atomic mass is 10.1. The van der Waals surface area contributed by atoms with Gasteiger partial charge in [0, 0.05) is 24.0 Å². The monoisotopic (exact) mass is 210 g/mol. The molecular weight excluding hydrogens is 192 g/mol. The Bertz CT molecular complexity index is 300. The third-order valence-corrected chi connectivity index (χ3v) is 1.67. The molecule has 0 aliphatic rings. The molecule has 1 aromatic heterocycles. The maximum absolute atomic E-state index is 11.4. The van der Waals surface area contributed by atoms with Gasteiger partial charge in [0.15, 0.2) is 0 Å². The highest BCUT2D eigenvalue weighted by Gasteiger charge is 2.12. The quantitative estimate of drug-likeness (QED) is 0.674. The van der Waals surface area contributed by atoms with Crippen molar-refractivity contribution in [1.82, 2.24) is 20.6 Å². The fourth-order valence-corrected chi connectivity index (χ4v) is 1.15. The molecule has 0 spiro atoms. The van der Waals surface area contributed by atoms with Gasteiger partial charge in [-0.1, -0.05) is 0 Å². The fourth-order valence-electron chi connectivity index (χ4n) is 1.15. The molecule has 0 saturated heterocycles. The van der Waals surface area contributed by atoms with Gasteiger partial charge in [-0.3, -0.25) is 4.79 Å². The number of aromatic nitrogens is 2. The number of nitrogens with one attached hydrogen (secondary N) is 3. The lowest BCUT2D eigenvalue weighted by Crippen LogP contribution is -2.44. The number of aromatic amines is 1. The van der Waals surface area contributed by atoms with E-state index in [0.717, 1.165) is 5.69 Å². The highest BCUT2D eigenvalue weighted by Crippen LogP contribution is 1.97. The van der Waals surface area contributed by atoms with Crippen LogP contribution in [0.25, 0.3) is 0 Å². The molecule has 0 unspecified atom stereocenters. The number of carbonyl (C=O) groups excluding carboxylic acids is 1. The average Bonchev–Trinajstić information content (AvgIpc) is 2.53. The van der Waals surface area contributed by atoms with E-state index in [0.29, 0.717) is 13.1 Å². The van der Waals surface area contributed by atoms with Crippen molar-refractivity contribution in [3.63, 3.8) is 0 Å². The summed E-state index contributed by atoms with van der Waals surface area (Å²) in [5.74, 6) is 0.00187. The smallest absolute Gasteiger partial charge is 0.234 e. The Balaban J connectivity index is 2.18. The van der Waals surface area contributed by atoms with Crippen LogP contribution in [-0.2, 0) is 11.3 Å². The Kier molecular flexibility index (Phi) is 3.85. The number of hydrogen-bond acceptors (Lipinski definition) is 3. The first kappa shape index (κ1) is 11.7. The second-order valence-corrected chi connectivity index (χ2v) is 4.48. The number of amides is 1. The summed E-state index contributed by atoms with van der Waals surface area (Å²) in [4.78, 5) is 18.2. The molecule has 0 bridgehead atoms. The Morgan fingerprint density at radius 1 is 1.53 bits per heavy atom. The van der Waals surface area contributed by atoms with Crippen molar-refractivity contribution in [3.8, 4) is 0 Å². The molecule has 5 nitrogen and oxygen atoms in total. The van der Waals surface area contributed by atoms with Crippen LogP contribution >= 0.6 is 0 Å². The number of imidazole rings is 1. The van der Waals surface area contributed by atoms with E-state index in [1.165, 1.54) is 0 Å². The van der Waals surface area contributed by atoms with E-state index in [-0.39, 0.29) is 11.4 Å². The minimum Gasteiger partial charge on any atom is -0.350 e. The molecular formula is C10H18N4O. The summed E-state index contributed by atoms with van der Waals surface area (Å²) in [6, 6.07) is 0. The topological polar surface area (TPSA) is 69.8 Å². The lowest BCUT2D eigenvalue weighted by Gasteiger charge is -2.20. The molecule has 5 heteroatoms. The number of nitrogens with zero attached hydrogens (tertiary/aromatic N) is 1. The molecule has 0 radical (unpaired) electrons. The van der Waals surface area contributed by atoms with Gasteiger partial charge in [-0.25, -0.2) is 4.98 Å². The summed E-state index contributed by atoms with van der Waals surface area (Å²) in [5.41, 5.74) is 0.797. The summed E-state index contributed by atoms with van der Waals surface area (Å²) < 4.78 is 0. The van der Waals surface area contributed by atoms with Crippen molar-refractivity contribution >= 4 is 5.91 Å². The predicted molar refractivity (Wildman–Crippen MR) is 58.2 cm³/mol. The maximum Gasteiger partial charge on any atom is 0.234 e. The van der Waals surface area contributed by atoms with Gasteiger partial charge in [-0.15, -0.1) is 0 Å². The predicted octanol–water partition coefficient (Wildman–Crippen LogP) is 0.414. The van der Waals surface area contributed by atoms with Crippen molar-refractivity contribution in [1.29, 1.82) is 0 Å². The van der Waals surface area contributed by atoms with Crippen LogP contribution < -0.4 is 10.6 Å².